The van der Waals surface area contributed by atoms with Gasteiger partial charge in [0.1, 0.15) is 5.01 Å². The molecule has 0 aromatic carbocycles. The number of hydrogen-bond donors (Lipinski definition) is 1. The molecule has 0 unspecified atom stereocenters. The summed E-state index contributed by atoms with van der Waals surface area (Å²) in [4.78, 5) is 17.6. The zero-order chi connectivity index (χ0) is 18.8. The quantitative estimate of drug-likeness (QED) is 0.701. The fourth-order valence-corrected chi connectivity index (χ4v) is 3.52. The molecule has 1 N–H and O–H groups in total. The lowest BCUT2D eigenvalue weighted by Crippen LogP contribution is -2.14. The third-order valence-corrected chi connectivity index (χ3v) is 4.96. The van der Waals surface area contributed by atoms with Crippen molar-refractivity contribution in [2.45, 2.75) is 59.4 Å². The lowest BCUT2D eigenvalue weighted by Gasteiger charge is -2.11. The van der Waals surface area contributed by atoms with Gasteiger partial charge in [-0.25, -0.2) is 9.67 Å². The van der Waals surface area contributed by atoms with E-state index in [0.717, 1.165) is 34.6 Å². The Balaban J connectivity index is 2.00. The summed E-state index contributed by atoms with van der Waals surface area (Å²) in [7, 11) is 0. The predicted molar refractivity (Wildman–Crippen MR) is 104 cm³/mol. The third-order valence-electron chi connectivity index (χ3n) is 4.06. The van der Waals surface area contributed by atoms with Gasteiger partial charge in [0.15, 0.2) is 5.65 Å². The van der Waals surface area contributed by atoms with Crippen molar-refractivity contribution >= 4 is 33.4 Å². The average molecular weight is 372 g/mol. The maximum atomic E-state index is 12.9. The molecule has 0 spiro atoms. The van der Waals surface area contributed by atoms with Crippen LogP contribution < -0.4 is 5.32 Å². The zero-order valence-electron chi connectivity index (χ0n) is 15.8. The summed E-state index contributed by atoms with van der Waals surface area (Å²) in [6, 6.07) is 2.01. The Labute approximate surface area is 156 Å². The second kappa shape index (κ2) is 7.49. The highest BCUT2D eigenvalue weighted by Crippen LogP contribution is 2.25. The highest BCUT2D eigenvalue weighted by Gasteiger charge is 2.20. The normalized spacial score (nSPS) is 11.7. The van der Waals surface area contributed by atoms with Crippen LogP contribution in [-0.2, 0) is 6.42 Å². The predicted octanol–water partition coefficient (Wildman–Crippen LogP) is 4.19. The van der Waals surface area contributed by atoms with Crippen LogP contribution in [0.1, 0.15) is 74.1 Å². The van der Waals surface area contributed by atoms with Gasteiger partial charge in [0.05, 0.1) is 17.1 Å². The molecule has 3 rings (SSSR count). The van der Waals surface area contributed by atoms with E-state index in [1.165, 1.54) is 11.3 Å². The van der Waals surface area contributed by atoms with Crippen LogP contribution in [0.5, 0.6) is 0 Å². The van der Waals surface area contributed by atoms with Gasteiger partial charge in [-0.2, -0.15) is 5.10 Å². The summed E-state index contributed by atoms with van der Waals surface area (Å²) < 4.78 is 1.85. The molecule has 1 amide bonds. The largest absolute Gasteiger partial charge is 0.296 e. The number of nitrogens with one attached hydrogen (secondary N) is 1. The molecule has 0 saturated heterocycles. The molecule has 26 heavy (non-hydrogen) atoms. The van der Waals surface area contributed by atoms with Gasteiger partial charge in [0.25, 0.3) is 5.91 Å². The van der Waals surface area contributed by atoms with Crippen LogP contribution in [0.25, 0.3) is 11.0 Å². The fraction of sp³-hybridized carbons (Fsp3) is 0.500. The first kappa shape index (κ1) is 18.4. The topological polar surface area (TPSA) is 85.6 Å². The van der Waals surface area contributed by atoms with E-state index in [0.29, 0.717) is 10.7 Å². The second-order valence-corrected chi connectivity index (χ2v) is 7.94. The number of hydrogen-bond acceptors (Lipinski definition) is 6. The minimum atomic E-state index is -0.207. The van der Waals surface area contributed by atoms with E-state index in [-0.39, 0.29) is 17.9 Å². The number of pyridine rings is 1. The third kappa shape index (κ3) is 3.60. The molecule has 3 aromatic rings. The summed E-state index contributed by atoms with van der Waals surface area (Å²) in [6.07, 6.45) is 3.58. The summed E-state index contributed by atoms with van der Waals surface area (Å²) in [5, 5.41) is 17.7. The van der Waals surface area contributed by atoms with Crippen molar-refractivity contribution in [3.05, 3.63) is 28.5 Å². The fourth-order valence-electron chi connectivity index (χ4n) is 2.68. The molecule has 3 heterocycles. The molecule has 0 fully saturated rings. The van der Waals surface area contributed by atoms with Gasteiger partial charge in [-0.3, -0.25) is 10.1 Å². The maximum absolute atomic E-state index is 12.9. The molecule has 8 heteroatoms. The Kier molecular flexibility index (Phi) is 5.31. The number of carbonyl (C=O) groups is 1. The van der Waals surface area contributed by atoms with Crippen LogP contribution in [0.4, 0.5) is 5.13 Å². The van der Waals surface area contributed by atoms with Crippen LogP contribution in [-0.4, -0.2) is 30.9 Å². The highest BCUT2D eigenvalue weighted by molar-refractivity contribution is 7.15. The number of nitrogens with zero attached hydrogens (tertiary/aromatic N) is 5. The molecule has 7 nitrogen and oxygen atoms in total. The Morgan fingerprint density at radius 2 is 2.04 bits per heavy atom. The van der Waals surface area contributed by atoms with Gasteiger partial charge in [-0.1, -0.05) is 32.1 Å². The number of rotatable bonds is 6. The molecule has 0 atom stereocenters. The molecule has 3 aromatic heterocycles. The number of aromatic nitrogens is 5. The molecular formula is C18H24N6OS. The smallest absolute Gasteiger partial charge is 0.258 e. The van der Waals surface area contributed by atoms with E-state index in [2.05, 4.69) is 41.4 Å². The standard InChI is InChI=1S/C18H24N6OS/c1-6-7-15-22-23-18(26-15)21-17(25)12-8-14(10(2)3)20-16-13(12)9-19-24(16)11(4)5/h8-11H,6-7H2,1-5H3,(H,21,23,25). The van der Waals surface area contributed by atoms with Gasteiger partial charge >= 0.3 is 0 Å². The molecular weight excluding hydrogens is 348 g/mol. The van der Waals surface area contributed by atoms with Crippen LogP contribution in [0, 0.1) is 0 Å². The maximum Gasteiger partial charge on any atom is 0.258 e. The molecule has 0 aliphatic heterocycles. The highest BCUT2D eigenvalue weighted by atomic mass is 32.1. The minimum Gasteiger partial charge on any atom is -0.296 e. The number of fused-ring (bicyclic) bond motifs is 1. The van der Waals surface area contributed by atoms with E-state index in [4.69, 9.17) is 4.98 Å². The number of aryl methyl sites for hydroxylation is 1. The van der Waals surface area contributed by atoms with Gasteiger partial charge in [-0.05, 0) is 32.3 Å². The molecule has 0 saturated carbocycles. The Morgan fingerprint density at radius 3 is 2.69 bits per heavy atom. The van der Waals surface area contributed by atoms with E-state index in [1.54, 1.807) is 6.20 Å². The van der Waals surface area contributed by atoms with E-state index in [9.17, 15) is 4.79 Å². The van der Waals surface area contributed by atoms with Crippen molar-refractivity contribution in [1.82, 2.24) is 25.0 Å². The zero-order valence-corrected chi connectivity index (χ0v) is 16.6. The van der Waals surface area contributed by atoms with Crippen LogP contribution in [0.3, 0.4) is 0 Å². The lowest BCUT2D eigenvalue weighted by atomic mass is 10.0. The first-order valence-electron chi connectivity index (χ1n) is 8.92. The van der Waals surface area contributed by atoms with Crippen molar-refractivity contribution in [2.24, 2.45) is 0 Å². The second-order valence-electron chi connectivity index (χ2n) is 6.87. The SMILES string of the molecule is CCCc1nnc(NC(=O)c2cc(C(C)C)nc3c2cnn3C(C)C)s1. The van der Waals surface area contributed by atoms with Gasteiger partial charge in [-0.15, -0.1) is 10.2 Å². The molecule has 0 radical (unpaired) electrons. The van der Waals surface area contributed by atoms with E-state index in [1.807, 2.05) is 24.6 Å². The molecule has 138 valence electrons. The van der Waals surface area contributed by atoms with Crippen LogP contribution in [0.2, 0.25) is 0 Å². The summed E-state index contributed by atoms with van der Waals surface area (Å²) in [5.41, 5.74) is 2.17. The van der Waals surface area contributed by atoms with Crippen LogP contribution in [0.15, 0.2) is 12.3 Å². The monoisotopic (exact) mass is 372 g/mol. The molecule has 0 aliphatic carbocycles. The van der Waals surface area contributed by atoms with Crippen molar-refractivity contribution < 1.29 is 4.79 Å². The summed E-state index contributed by atoms with van der Waals surface area (Å²) in [5.74, 6) is 0.000883. The van der Waals surface area contributed by atoms with Crippen molar-refractivity contribution in [3.63, 3.8) is 0 Å². The van der Waals surface area contributed by atoms with Crippen LogP contribution >= 0.6 is 11.3 Å². The Bertz CT molecular complexity index is 927. The average Bonchev–Trinajstić information content (AvgIpc) is 3.20. The van der Waals surface area contributed by atoms with Crippen molar-refractivity contribution in [2.75, 3.05) is 5.32 Å². The van der Waals surface area contributed by atoms with E-state index < -0.39 is 0 Å². The van der Waals surface area contributed by atoms with Gasteiger partial charge in [0.2, 0.25) is 5.13 Å². The lowest BCUT2D eigenvalue weighted by molar-refractivity contribution is 0.102. The number of amides is 1. The van der Waals surface area contributed by atoms with Crippen molar-refractivity contribution in [1.29, 1.82) is 0 Å². The van der Waals surface area contributed by atoms with Crippen molar-refractivity contribution in [3.8, 4) is 0 Å². The number of carbonyl (C=O) groups excluding carboxylic acids is 1. The summed E-state index contributed by atoms with van der Waals surface area (Å²) in [6.45, 7) is 10.3. The Hall–Kier alpha value is -2.35. The molecule has 0 aliphatic rings. The minimum absolute atomic E-state index is 0.165. The van der Waals surface area contributed by atoms with E-state index >= 15 is 0 Å². The van der Waals surface area contributed by atoms with Gasteiger partial charge in [0, 0.05) is 18.2 Å². The molecule has 0 bridgehead atoms. The number of anilines is 1. The van der Waals surface area contributed by atoms with Gasteiger partial charge < -0.3 is 0 Å². The Morgan fingerprint density at radius 1 is 1.27 bits per heavy atom. The summed E-state index contributed by atoms with van der Waals surface area (Å²) >= 11 is 1.42. The first-order chi connectivity index (χ1) is 12.4. The first-order valence-corrected chi connectivity index (χ1v) is 9.74.